The number of hydrogen-bond donors (Lipinski definition) is 1. The molecule has 166 valence electrons. The molecule has 0 unspecified atom stereocenters. The van der Waals surface area contributed by atoms with E-state index in [1.807, 2.05) is 18.3 Å². The van der Waals surface area contributed by atoms with Crippen molar-refractivity contribution in [2.75, 3.05) is 25.5 Å². The molecule has 0 aliphatic carbocycles. The molecular formula is C23H24ClN5O3. The van der Waals surface area contributed by atoms with Crippen molar-refractivity contribution in [1.82, 2.24) is 19.7 Å². The van der Waals surface area contributed by atoms with E-state index in [1.165, 1.54) is 7.11 Å². The van der Waals surface area contributed by atoms with Gasteiger partial charge < -0.3 is 15.0 Å². The maximum Gasteiger partial charge on any atom is 0.257 e. The molecule has 2 aromatic heterocycles. The van der Waals surface area contributed by atoms with Crippen LogP contribution in [-0.4, -0.2) is 51.7 Å². The van der Waals surface area contributed by atoms with Gasteiger partial charge in [-0.3, -0.25) is 19.3 Å². The van der Waals surface area contributed by atoms with Crippen LogP contribution in [0.3, 0.4) is 0 Å². The number of methoxy groups -OCH3 is 1. The quantitative estimate of drug-likeness (QED) is 0.617. The number of halogens is 1. The second kappa shape index (κ2) is 9.82. The third-order valence-corrected chi connectivity index (χ3v) is 5.74. The fraction of sp³-hybridized carbons (Fsp3) is 0.304. The largest absolute Gasteiger partial charge is 0.496 e. The van der Waals surface area contributed by atoms with Crippen molar-refractivity contribution < 1.29 is 14.3 Å². The lowest BCUT2D eigenvalue weighted by Gasteiger charge is -2.31. The van der Waals surface area contributed by atoms with Crippen LogP contribution in [0.2, 0.25) is 5.02 Å². The van der Waals surface area contributed by atoms with Crippen molar-refractivity contribution in [1.29, 1.82) is 0 Å². The van der Waals surface area contributed by atoms with Crippen molar-refractivity contribution in [2.45, 2.75) is 19.4 Å². The summed E-state index contributed by atoms with van der Waals surface area (Å²) in [5.74, 6) is 0.604. The Hall–Kier alpha value is -3.39. The molecule has 0 bridgehead atoms. The Balaban J connectivity index is 1.31. The first-order valence-electron chi connectivity index (χ1n) is 10.4. The minimum absolute atomic E-state index is 0.0796. The second-order valence-electron chi connectivity index (χ2n) is 7.66. The van der Waals surface area contributed by atoms with E-state index in [-0.39, 0.29) is 17.7 Å². The molecule has 32 heavy (non-hydrogen) atoms. The van der Waals surface area contributed by atoms with Gasteiger partial charge in [0.25, 0.3) is 5.91 Å². The van der Waals surface area contributed by atoms with Gasteiger partial charge in [0, 0.05) is 48.7 Å². The molecule has 9 heteroatoms. The smallest absolute Gasteiger partial charge is 0.257 e. The molecule has 3 aromatic rings. The molecule has 1 aliphatic heterocycles. The first-order valence-corrected chi connectivity index (χ1v) is 10.8. The van der Waals surface area contributed by atoms with Gasteiger partial charge >= 0.3 is 0 Å². The number of amides is 2. The molecule has 1 fully saturated rings. The van der Waals surface area contributed by atoms with Gasteiger partial charge in [-0.2, -0.15) is 5.10 Å². The van der Waals surface area contributed by atoms with Gasteiger partial charge in [-0.15, -0.1) is 0 Å². The fourth-order valence-corrected chi connectivity index (χ4v) is 3.96. The van der Waals surface area contributed by atoms with E-state index in [0.29, 0.717) is 54.6 Å². The summed E-state index contributed by atoms with van der Waals surface area (Å²) < 4.78 is 7.05. The van der Waals surface area contributed by atoms with Crippen molar-refractivity contribution in [3.05, 3.63) is 71.1 Å². The summed E-state index contributed by atoms with van der Waals surface area (Å²) in [6.07, 6.45) is 6.49. The number of nitrogens with zero attached hydrogens (tertiary/aromatic N) is 4. The number of carbonyl (C=O) groups is 2. The zero-order valence-electron chi connectivity index (χ0n) is 17.7. The van der Waals surface area contributed by atoms with Crippen LogP contribution < -0.4 is 10.1 Å². The van der Waals surface area contributed by atoms with Crippen LogP contribution in [0.15, 0.2) is 55.0 Å². The number of anilines is 1. The average Bonchev–Trinajstić information content (AvgIpc) is 3.25. The number of benzene rings is 1. The van der Waals surface area contributed by atoms with E-state index >= 15 is 0 Å². The van der Waals surface area contributed by atoms with E-state index in [2.05, 4.69) is 15.4 Å². The Morgan fingerprint density at radius 3 is 2.75 bits per heavy atom. The summed E-state index contributed by atoms with van der Waals surface area (Å²) >= 11 is 6.06. The predicted octanol–water partition coefficient (Wildman–Crippen LogP) is 3.48. The minimum Gasteiger partial charge on any atom is -0.496 e. The molecule has 1 aliphatic rings. The summed E-state index contributed by atoms with van der Waals surface area (Å²) in [5, 5.41) is 7.79. The number of pyridine rings is 1. The van der Waals surface area contributed by atoms with Gasteiger partial charge in [-0.1, -0.05) is 17.7 Å². The molecule has 2 amide bonds. The minimum atomic E-state index is -0.177. The normalized spacial score (nSPS) is 14.2. The van der Waals surface area contributed by atoms with Crippen LogP contribution in [-0.2, 0) is 11.3 Å². The third-order valence-electron chi connectivity index (χ3n) is 5.50. The van der Waals surface area contributed by atoms with E-state index in [1.54, 1.807) is 46.2 Å². The monoisotopic (exact) mass is 453 g/mol. The van der Waals surface area contributed by atoms with E-state index < -0.39 is 0 Å². The highest BCUT2D eigenvalue weighted by Gasteiger charge is 2.29. The number of piperidine rings is 1. The number of ether oxygens (including phenoxy) is 1. The third kappa shape index (κ3) is 5.08. The average molecular weight is 454 g/mol. The van der Waals surface area contributed by atoms with Gasteiger partial charge in [-0.25, -0.2) is 0 Å². The molecule has 8 nitrogen and oxygen atoms in total. The standard InChI is InChI=1S/C23H24ClN5O3/c1-32-20-5-4-18(24)13-19(20)23(31)28-10-6-17(7-11-28)22(30)26-21-8-12-29(27-21)15-16-3-2-9-25-14-16/h2-5,8-9,12-14,17H,6-7,10-11,15H2,1H3,(H,26,27,30). The molecule has 0 spiro atoms. The SMILES string of the molecule is COc1ccc(Cl)cc1C(=O)N1CCC(C(=O)Nc2ccn(Cc3cccnc3)n2)CC1. The van der Waals surface area contributed by atoms with Gasteiger partial charge in [0.1, 0.15) is 5.75 Å². The Morgan fingerprint density at radius 2 is 2.03 bits per heavy atom. The summed E-state index contributed by atoms with van der Waals surface area (Å²) in [5.41, 5.74) is 1.46. The van der Waals surface area contributed by atoms with Crippen molar-refractivity contribution in [3.63, 3.8) is 0 Å². The Labute approximate surface area is 191 Å². The van der Waals surface area contributed by atoms with Crippen LogP contribution in [0.25, 0.3) is 0 Å². The Morgan fingerprint density at radius 1 is 1.22 bits per heavy atom. The maximum atomic E-state index is 12.9. The van der Waals surface area contributed by atoms with Gasteiger partial charge in [0.2, 0.25) is 5.91 Å². The zero-order valence-corrected chi connectivity index (χ0v) is 18.5. The molecule has 4 rings (SSSR count). The molecule has 1 N–H and O–H groups in total. The highest BCUT2D eigenvalue weighted by Crippen LogP contribution is 2.27. The summed E-state index contributed by atoms with van der Waals surface area (Å²) in [6, 6.07) is 10.6. The first kappa shape index (κ1) is 21.8. The maximum absolute atomic E-state index is 12.9. The van der Waals surface area contributed by atoms with E-state index in [9.17, 15) is 9.59 Å². The van der Waals surface area contributed by atoms with Crippen LogP contribution >= 0.6 is 11.6 Å². The summed E-state index contributed by atoms with van der Waals surface area (Å²) in [6.45, 7) is 1.56. The van der Waals surface area contributed by atoms with Gasteiger partial charge in [-0.05, 0) is 42.7 Å². The number of likely N-dealkylation sites (tertiary alicyclic amines) is 1. The van der Waals surface area contributed by atoms with Crippen LogP contribution in [0.1, 0.15) is 28.8 Å². The van der Waals surface area contributed by atoms with Gasteiger partial charge in [0.15, 0.2) is 5.82 Å². The fourth-order valence-electron chi connectivity index (χ4n) is 3.79. The van der Waals surface area contributed by atoms with Crippen LogP contribution in [0.4, 0.5) is 5.82 Å². The lowest BCUT2D eigenvalue weighted by Crippen LogP contribution is -2.41. The predicted molar refractivity (Wildman–Crippen MR) is 121 cm³/mol. The number of rotatable bonds is 6. The Kier molecular flexibility index (Phi) is 6.70. The van der Waals surface area contributed by atoms with Crippen LogP contribution in [0.5, 0.6) is 5.75 Å². The summed E-state index contributed by atoms with van der Waals surface area (Å²) in [7, 11) is 1.52. The second-order valence-corrected chi connectivity index (χ2v) is 8.10. The van der Waals surface area contributed by atoms with Gasteiger partial charge in [0.05, 0.1) is 19.2 Å². The number of hydrogen-bond acceptors (Lipinski definition) is 5. The molecule has 0 saturated carbocycles. The Bertz CT molecular complexity index is 1090. The number of carbonyl (C=O) groups excluding carboxylic acids is 2. The highest BCUT2D eigenvalue weighted by atomic mass is 35.5. The number of nitrogens with one attached hydrogen (secondary N) is 1. The molecular weight excluding hydrogens is 430 g/mol. The first-order chi connectivity index (χ1) is 15.5. The molecule has 0 radical (unpaired) electrons. The molecule has 3 heterocycles. The van der Waals surface area contributed by atoms with Crippen LogP contribution in [0, 0.1) is 5.92 Å². The summed E-state index contributed by atoms with van der Waals surface area (Å²) in [4.78, 5) is 31.5. The lowest BCUT2D eigenvalue weighted by atomic mass is 9.95. The van der Waals surface area contributed by atoms with E-state index in [4.69, 9.17) is 16.3 Å². The van der Waals surface area contributed by atoms with Crippen molar-refractivity contribution in [2.24, 2.45) is 5.92 Å². The zero-order chi connectivity index (χ0) is 22.5. The topological polar surface area (TPSA) is 89.4 Å². The lowest BCUT2D eigenvalue weighted by molar-refractivity contribution is -0.121. The number of aromatic nitrogens is 3. The highest BCUT2D eigenvalue weighted by molar-refractivity contribution is 6.31. The molecule has 1 saturated heterocycles. The van der Waals surface area contributed by atoms with E-state index in [0.717, 1.165) is 5.56 Å². The molecule has 0 atom stereocenters. The van der Waals surface area contributed by atoms with Crippen molar-refractivity contribution in [3.8, 4) is 5.75 Å². The van der Waals surface area contributed by atoms with Crippen molar-refractivity contribution >= 4 is 29.2 Å². The molecule has 1 aromatic carbocycles.